The molecule has 1 aliphatic heterocycles. The Morgan fingerprint density at radius 1 is 0.750 bits per heavy atom. The highest BCUT2D eigenvalue weighted by atomic mass is 16.5. The Hall–Kier alpha value is -3.37. The van der Waals surface area contributed by atoms with Gasteiger partial charge in [0.15, 0.2) is 0 Å². The highest BCUT2D eigenvalue weighted by Crippen LogP contribution is 2.38. The number of esters is 1. The first kappa shape index (κ1) is 25.7. The number of hydrogen-bond donors (Lipinski definition) is 0. The highest BCUT2D eigenvalue weighted by Gasteiger charge is 2.21. The SMILES string of the molecule is CC(=O)Oc1cccc(/C(=C(/c2ccccc2)C(C)C)c2ccc(N3CCN(C(C)C)CC3)cc2)c1. The van der Waals surface area contributed by atoms with Crippen LogP contribution in [0.5, 0.6) is 5.75 Å². The summed E-state index contributed by atoms with van der Waals surface area (Å²) in [6, 6.07) is 28.0. The van der Waals surface area contributed by atoms with Crippen molar-refractivity contribution in [1.29, 1.82) is 0 Å². The van der Waals surface area contributed by atoms with E-state index in [1.165, 1.54) is 29.3 Å². The van der Waals surface area contributed by atoms with Gasteiger partial charge in [-0.15, -0.1) is 0 Å². The molecule has 3 aromatic rings. The first-order chi connectivity index (χ1) is 17.3. The van der Waals surface area contributed by atoms with Crippen LogP contribution in [0.1, 0.15) is 51.3 Å². The molecule has 0 aromatic heterocycles. The molecule has 1 aliphatic rings. The van der Waals surface area contributed by atoms with Gasteiger partial charge in [-0.2, -0.15) is 0 Å². The summed E-state index contributed by atoms with van der Waals surface area (Å²) in [7, 11) is 0. The van der Waals surface area contributed by atoms with Gasteiger partial charge in [0.2, 0.25) is 0 Å². The predicted octanol–water partition coefficient (Wildman–Crippen LogP) is 6.76. The molecule has 0 saturated carbocycles. The summed E-state index contributed by atoms with van der Waals surface area (Å²) in [6.07, 6.45) is 0. The van der Waals surface area contributed by atoms with Crippen molar-refractivity contribution in [2.24, 2.45) is 5.92 Å². The van der Waals surface area contributed by atoms with E-state index in [9.17, 15) is 4.79 Å². The van der Waals surface area contributed by atoms with Gasteiger partial charge >= 0.3 is 5.97 Å². The number of piperazine rings is 1. The Kier molecular flexibility index (Phi) is 8.27. The standard InChI is InChI=1S/C32H38N2O2/c1-23(2)31(26-10-7-6-8-11-26)32(28-12-9-13-30(22-28)36-25(5)35)27-14-16-29(17-15-27)34-20-18-33(19-21-34)24(3)4/h6-17,22-24H,18-21H2,1-5H3/b32-31+. The minimum absolute atomic E-state index is 0.295. The zero-order valence-electron chi connectivity index (χ0n) is 22.2. The first-order valence-corrected chi connectivity index (χ1v) is 13.0. The van der Waals surface area contributed by atoms with Gasteiger partial charge in [0.25, 0.3) is 0 Å². The second kappa shape index (κ2) is 11.6. The molecule has 0 unspecified atom stereocenters. The van der Waals surface area contributed by atoms with Gasteiger partial charge in [0, 0.05) is 44.8 Å². The average Bonchev–Trinajstić information content (AvgIpc) is 2.87. The highest BCUT2D eigenvalue weighted by molar-refractivity contribution is 5.99. The summed E-state index contributed by atoms with van der Waals surface area (Å²) < 4.78 is 5.44. The number of anilines is 1. The van der Waals surface area contributed by atoms with E-state index in [4.69, 9.17) is 4.74 Å². The lowest BCUT2D eigenvalue weighted by Crippen LogP contribution is -2.48. The number of hydrogen-bond acceptors (Lipinski definition) is 4. The first-order valence-electron chi connectivity index (χ1n) is 13.0. The number of nitrogens with zero attached hydrogens (tertiary/aromatic N) is 2. The van der Waals surface area contributed by atoms with Crippen molar-refractivity contribution >= 4 is 22.8 Å². The molecule has 36 heavy (non-hydrogen) atoms. The lowest BCUT2D eigenvalue weighted by molar-refractivity contribution is -0.131. The summed E-state index contributed by atoms with van der Waals surface area (Å²) >= 11 is 0. The van der Waals surface area contributed by atoms with Gasteiger partial charge in [-0.3, -0.25) is 9.69 Å². The molecule has 0 spiro atoms. The quantitative estimate of drug-likeness (QED) is 0.212. The predicted molar refractivity (Wildman–Crippen MR) is 150 cm³/mol. The summed E-state index contributed by atoms with van der Waals surface area (Å²) in [5.41, 5.74) is 7.11. The maximum absolute atomic E-state index is 11.6. The van der Waals surface area contributed by atoms with Crippen LogP contribution in [0.4, 0.5) is 5.69 Å². The second-order valence-corrected chi connectivity index (χ2v) is 10.1. The fourth-order valence-corrected chi connectivity index (χ4v) is 5.08. The molecule has 1 heterocycles. The molecule has 0 radical (unpaired) electrons. The van der Waals surface area contributed by atoms with Crippen LogP contribution >= 0.6 is 0 Å². The molecular formula is C32H38N2O2. The molecule has 4 rings (SSSR count). The normalized spacial score (nSPS) is 15.2. The largest absolute Gasteiger partial charge is 0.427 e. The summed E-state index contributed by atoms with van der Waals surface area (Å²) in [5, 5.41) is 0. The molecule has 0 atom stereocenters. The fourth-order valence-electron chi connectivity index (χ4n) is 5.08. The van der Waals surface area contributed by atoms with E-state index in [-0.39, 0.29) is 5.97 Å². The van der Waals surface area contributed by atoms with Crippen molar-refractivity contribution in [2.75, 3.05) is 31.1 Å². The van der Waals surface area contributed by atoms with E-state index in [1.54, 1.807) is 0 Å². The van der Waals surface area contributed by atoms with Crippen LogP contribution < -0.4 is 9.64 Å². The molecule has 0 bridgehead atoms. The zero-order chi connectivity index (χ0) is 25.7. The van der Waals surface area contributed by atoms with E-state index in [0.717, 1.165) is 37.3 Å². The molecule has 0 aliphatic carbocycles. The third-order valence-electron chi connectivity index (χ3n) is 6.88. The topological polar surface area (TPSA) is 32.8 Å². The minimum atomic E-state index is -0.313. The summed E-state index contributed by atoms with van der Waals surface area (Å²) in [6.45, 7) is 14.7. The lowest BCUT2D eigenvalue weighted by Gasteiger charge is -2.38. The molecule has 1 saturated heterocycles. The minimum Gasteiger partial charge on any atom is -0.427 e. The molecule has 4 heteroatoms. The molecule has 4 nitrogen and oxygen atoms in total. The molecule has 188 valence electrons. The maximum atomic E-state index is 11.6. The summed E-state index contributed by atoms with van der Waals surface area (Å²) in [4.78, 5) is 16.6. The van der Waals surface area contributed by atoms with Crippen molar-refractivity contribution in [2.45, 2.75) is 40.7 Å². The second-order valence-electron chi connectivity index (χ2n) is 10.1. The maximum Gasteiger partial charge on any atom is 0.308 e. The van der Waals surface area contributed by atoms with Crippen LogP contribution in [0, 0.1) is 5.92 Å². The van der Waals surface area contributed by atoms with Crippen LogP contribution in [0.15, 0.2) is 78.9 Å². The van der Waals surface area contributed by atoms with Gasteiger partial charge in [0.05, 0.1) is 0 Å². The van der Waals surface area contributed by atoms with Crippen molar-refractivity contribution in [3.63, 3.8) is 0 Å². The van der Waals surface area contributed by atoms with E-state index >= 15 is 0 Å². The van der Waals surface area contributed by atoms with Gasteiger partial charge in [-0.25, -0.2) is 0 Å². The number of benzene rings is 3. The van der Waals surface area contributed by atoms with Crippen molar-refractivity contribution in [3.8, 4) is 5.75 Å². The average molecular weight is 483 g/mol. The van der Waals surface area contributed by atoms with Crippen molar-refractivity contribution < 1.29 is 9.53 Å². The smallest absolute Gasteiger partial charge is 0.308 e. The van der Waals surface area contributed by atoms with Crippen molar-refractivity contribution in [3.05, 3.63) is 95.6 Å². The fraction of sp³-hybridized carbons (Fsp3) is 0.344. The summed E-state index contributed by atoms with van der Waals surface area (Å²) in [5.74, 6) is 0.545. The van der Waals surface area contributed by atoms with Gasteiger partial charge < -0.3 is 9.64 Å². The molecule has 0 N–H and O–H groups in total. The van der Waals surface area contributed by atoms with Crippen molar-refractivity contribution in [1.82, 2.24) is 4.90 Å². The number of ether oxygens (including phenoxy) is 1. The van der Waals surface area contributed by atoms with Crippen LogP contribution in [-0.4, -0.2) is 43.1 Å². The Morgan fingerprint density at radius 2 is 1.39 bits per heavy atom. The number of carbonyl (C=O) groups is 1. The molecular weight excluding hydrogens is 444 g/mol. The number of allylic oxidation sites excluding steroid dienone is 1. The Morgan fingerprint density at radius 3 is 1.97 bits per heavy atom. The van der Waals surface area contributed by atoms with Crippen LogP contribution in [0.25, 0.3) is 11.1 Å². The Labute approximate surface area is 216 Å². The van der Waals surface area contributed by atoms with Crippen LogP contribution in [0.3, 0.4) is 0 Å². The Bertz CT molecular complexity index is 1190. The number of rotatable bonds is 7. The van der Waals surface area contributed by atoms with Gasteiger partial charge in [-0.05, 0) is 71.9 Å². The van der Waals surface area contributed by atoms with E-state index < -0.39 is 0 Å². The van der Waals surface area contributed by atoms with E-state index in [0.29, 0.717) is 17.7 Å². The van der Waals surface area contributed by atoms with E-state index in [1.807, 2.05) is 18.2 Å². The van der Waals surface area contributed by atoms with Gasteiger partial charge in [0.1, 0.15) is 5.75 Å². The lowest BCUT2D eigenvalue weighted by atomic mass is 9.84. The number of carbonyl (C=O) groups excluding carboxylic acids is 1. The monoisotopic (exact) mass is 482 g/mol. The van der Waals surface area contributed by atoms with Gasteiger partial charge in [-0.1, -0.05) is 68.4 Å². The third-order valence-corrected chi connectivity index (χ3v) is 6.88. The third kappa shape index (κ3) is 6.06. The molecule has 1 fully saturated rings. The van der Waals surface area contributed by atoms with Crippen LogP contribution in [0.2, 0.25) is 0 Å². The molecule has 0 amide bonds. The zero-order valence-corrected chi connectivity index (χ0v) is 22.2. The Balaban J connectivity index is 1.76. The molecule has 3 aromatic carbocycles. The van der Waals surface area contributed by atoms with Crippen LogP contribution in [-0.2, 0) is 4.79 Å². The van der Waals surface area contributed by atoms with E-state index in [2.05, 4.69) is 98.2 Å².